The highest BCUT2D eigenvalue weighted by molar-refractivity contribution is 5.85. The molecule has 1 spiro atoms. The molecular formula is C18H27Cl2N5O. The van der Waals surface area contributed by atoms with Crippen LogP contribution in [0.1, 0.15) is 45.0 Å². The normalized spacial score (nSPS) is 21.7. The number of rotatable bonds is 4. The number of carbonyl (C=O) groups excluding carboxylic acids is 1. The van der Waals surface area contributed by atoms with E-state index in [0.717, 1.165) is 43.8 Å². The van der Waals surface area contributed by atoms with E-state index in [4.69, 9.17) is 0 Å². The Kier molecular flexibility index (Phi) is 6.53. The summed E-state index contributed by atoms with van der Waals surface area (Å²) in [6.45, 7) is 6.29. The molecular weight excluding hydrogens is 373 g/mol. The van der Waals surface area contributed by atoms with Crippen LogP contribution in [0.4, 0.5) is 0 Å². The molecule has 1 aliphatic carbocycles. The van der Waals surface area contributed by atoms with Gasteiger partial charge in [-0.3, -0.25) is 9.20 Å². The highest BCUT2D eigenvalue weighted by Crippen LogP contribution is 2.58. The van der Waals surface area contributed by atoms with Gasteiger partial charge < -0.3 is 10.6 Å². The third-order valence-electron chi connectivity index (χ3n) is 5.69. The summed E-state index contributed by atoms with van der Waals surface area (Å²) in [5.74, 6) is 1.42. The maximum absolute atomic E-state index is 12.8. The monoisotopic (exact) mass is 399 g/mol. The molecule has 2 aliphatic rings. The second kappa shape index (κ2) is 8.11. The molecule has 26 heavy (non-hydrogen) atoms. The number of nitrogens with zero attached hydrogens (tertiary/aromatic N) is 3. The van der Waals surface area contributed by atoms with E-state index in [-0.39, 0.29) is 54.0 Å². The van der Waals surface area contributed by atoms with Crippen LogP contribution in [-0.2, 0) is 4.79 Å². The molecule has 2 aromatic rings. The number of hydrogen-bond donors (Lipinski definition) is 2. The molecule has 2 unspecified atom stereocenters. The molecule has 0 bridgehead atoms. The van der Waals surface area contributed by atoms with E-state index in [1.54, 1.807) is 0 Å². The third kappa shape index (κ3) is 3.68. The van der Waals surface area contributed by atoms with Gasteiger partial charge >= 0.3 is 0 Å². The second-order valence-electron chi connectivity index (χ2n) is 7.59. The Morgan fingerprint density at radius 2 is 2.00 bits per heavy atom. The van der Waals surface area contributed by atoms with Crippen molar-refractivity contribution in [3.8, 4) is 0 Å². The van der Waals surface area contributed by atoms with Gasteiger partial charge in [0.25, 0.3) is 0 Å². The second-order valence-corrected chi connectivity index (χ2v) is 7.59. The lowest BCUT2D eigenvalue weighted by atomic mass is 9.91. The van der Waals surface area contributed by atoms with Crippen molar-refractivity contribution in [2.24, 2.45) is 17.3 Å². The highest BCUT2D eigenvalue weighted by atomic mass is 35.5. The molecule has 1 amide bonds. The number of pyridine rings is 1. The third-order valence-corrected chi connectivity index (χ3v) is 5.69. The van der Waals surface area contributed by atoms with Crippen LogP contribution in [0, 0.1) is 17.3 Å². The molecule has 1 saturated carbocycles. The molecule has 0 radical (unpaired) electrons. The SMILES string of the molecule is CC(C)C(NC(=O)C1CC12CCNCC2)c1nnc2ccccn12.Cl.Cl. The van der Waals surface area contributed by atoms with Crippen LogP contribution in [0.2, 0.25) is 0 Å². The van der Waals surface area contributed by atoms with Crippen LogP contribution >= 0.6 is 24.8 Å². The molecule has 4 rings (SSSR count). The first-order chi connectivity index (χ1) is 11.6. The van der Waals surface area contributed by atoms with Crippen LogP contribution in [0.25, 0.3) is 5.65 Å². The zero-order valence-corrected chi connectivity index (χ0v) is 16.8. The van der Waals surface area contributed by atoms with Crippen molar-refractivity contribution >= 4 is 36.4 Å². The fourth-order valence-electron chi connectivity index (χ4n) is 4.05. The van der Waals surface area contributed by atoms with Crippen molar-refractivity contribution in [2.45, 2.75) is 39.2 Å². The number of hydrogen-bond acceptors (Lipinski definition) is 4. The molecule has 2 fully saturated rings. The van der Waals surface area contributed by atoms with Crippen LogP contribution in [-0.4, -0.2) is 33.6 Å². The fraction of sp³-hybridized carbons (Fsp3) is 0.611. The van der Waals surface area contributed by atoms with E-state index in [2.05, 4.69) is 34.7 Å². The van der Waals surface area contributed by atoms with Gasteiger partial charge in [-0.1, -0.05) is 19.9 Å². The molecule has 8 heteroatoms. The number of fused-ring (bicyclic) bond motifs is 1. The number of nitrogens with one attached hydrogen (secondary N) is 2. The summed E-state index contributed by atoms with van der Waals surface area (Å²) < 4.78 is 1.97. The fourth-order valence-corrected chi connectivity index (χ4v) is 4.05. The molecule has 2 N–H and O–H groups in total. The van der Waals surface area contributed by atoms with E-state index < -0.39 is 0 Å². The predicted octanol–water partition coefficient (Wildman–Crippen LogP) is 2.78. The van der Waals surface area contributed by atoms with E-state index in [9.17, 15) is 4.79 Å². The molecule has 2 aromatic heterocycles. The lowest BCUT2D eigenvalue weighted by Crippen LogP contribution is -2.37. The van der Waals surface area contributed by atoms with Gasteiger partial charge in [0.15, 0.2) is 11.5 Å². The van der Waals surface area contributed by atoms with Crippen molar-refractivity contribution in [1.29, 1.82) is 0 Å². The average Bonchev–Trinajstić information content (AvgIpc) is 3.11. The molecule has 144 valence electrons. The smallest absolute Gasteiger partial charge is 0.224 e. The minimum absolute atomic E-state index is 0. The minimum atomic E-state index is -0.116. The quantitative estimate of drug-likeness (QED) is 0.828. The predicted molar refractivity (Wildman–Crippen MR) is 106 cm³/mol. The highest BCUT2D eigenvalue weighted by Gasteiger charge is 2.57. The zero-order chi connectivity index (χ0) is 16.7. The Labute approximate surface area is 166 Å². The van der Waals surface area contributed by atoms with E-state index in [1.165, 1.54) is 0 Å². The van der Waals surface area contributed by atoms with Crippen LogP contribution in [0.15, 0.2) is 24.4 Å². The van der Waals surface area contributed by atoms with Crippen molar-refractivity contribution in [1.82, 2.24) is 25.2 Å². The van der Waals surface area contributed by atoms with Crippen molar-refractivity contribution in [3.05, 3.63) is 30.2 Å². The van der Waals surface area contributed by atoms with Crippen molar-refractivity contribution in [3.63, 3.8) is 0 Å². The van der Waals surface area contributed by atoms with Gasteiger partial charge in [0.2, 0.25) is 5.91 Å². The maximum atomic E-state index is 12.8. The molecule has 2 atom stereocenters. The van der Waals surface area contributed by atoms with Gasteiger partial charge in [-0.15, -0.1) is 35.0 Å². The van der Waals surface area contributed by atoms with Gasteiger partial charge in [0, 0.05) is 12.1 Å². The van der Waals surface area contributed by atoms with E-state index >= 15 is 0 Å². The summed E-state index contributed by atoms with van der Waals surface area (Å²) >= 11 is 0. The molecule has 0 aromatic carbocycles. The Hall–Kier alpha value is -1.37. The molecule has 1 saturated heterocycles. The Morgan fingerprint density at radius 1 is 1.27 bits per heavy atom. The van der Waals surface area contributed by atoms with Crippen LogP contribution in [0.3, 0.4) is 0 Å². The van der Waals surface area contributed by atoms with Gasteiger partial charge in [-0.05, 0) is 55.8 Å². The maximum Gasteiger partial charge on any atom is 0.224 e. The average molecular weight is 400 g/mol. The molecule has 1 aliphatic heterocycles. The van der Waals surface area contributed by atoms with Crippen molar-refractivity contribution < 1.29 is 4.79 Å². The van der Waals surface area contributed by atoms with E-state index in [1.807, 2.05) is 28.8 Å². The summed E-state index contributed by atoms with van der Waals surface area (Å²) in [4.78, 5) is 12.8. The number of piperidine rings is 1. The Balaban J connectivity index is 0.00000121. The first kappa shape index (κ1) is 20.9. The number of aromatic nitrogens is 3. The van der Waals surface area contributed by atoms with Crippen molar-refractivity contribution in [2.75, 3.05) is 13.1 Å². The largest absolute Gasteiger partial charge is 0.346 e. The number of carbonyl (C=O) groups is 1. The summed E-state index contributed by atoms with van der Waals surface area (Å²) in [7, 11) is 0. The van der Waals surface area contributed by atoms with Gasteiger partial charge in [-0.2, -0.15) is 0 Å². The van der Waals surface area contributed by atoms with Gasteiger partial charge in [0.05, 0.1) is 6.04 Å². The standard InChI is InChI=1S/C18H25N5O.2ClH/c1-12(2)15(16-22-21-14-5-3-4-10-23(14)16)20-17(24)13-11-18(13)6-8-19-9-7-18;;/h3-5,10,12-13,15,19H,6-9,11H2,1-2H3,(H,20,24);2*1H. The number of amides is 1. The summed E-state index contributed by atoms with van der Waals surface area (Å²) in [6.07, 6.45) is 5.22. The first-order valence-electron chi connectivity index (χ1n) is 8.91. The topological polar surface area (TPSA) is 71.3 Å². The first-order valence-corrected chi connectivity index (χ1v) is 8.91. The minimum Gasteiger partial charge on any atom is -0.346 e. The lowest BCUT2D eigenvalue weighted by Gasteiger charge is -2.25. The lowest BCUT2D eigenvalue weighted by molar-refractivity contribution is -0.124. The molecule has 6 nitrogen and oxygen atoms in total. The Bertz CT molecular complexity index is 757. The van der Waals surface area contributed by atoms with Crippen LogP contribution < -0.4 is 10.6 Å². The van der Waals surface area contributed by atoms with Gasteiger partial charge in [-0.25, -0.2) is 0 Å². The van der Waals surface area contributed by atoms with Gasteiger partial charge in [0.1, 0.15) is 0 Å². The molecule has 3 heterocycles. The zero-order valence-electron chi connectivity index (χ0n) is 15.1. The summed E-state index contributed by atoms with van der Waals surface area (Å²) in [5, 5.41) is 15.2. The van der Waals surface area contributed by atoms with E-state index in [0.29, 0.717) is 0 Å². The Morgan fingerprint density at radius 3 is 2.69 bits per heavy atom. The van der Waals surface area contributed by atoms with Crippen LogP contribution in [0.5, 0.6) is 0 Å². The number of halogens is 2. The summed E-state index contributed by atoms with van der Waals surface area (Å²) in [6, 6.07) is 5.72. The summed E-state index contributed by atoms with van der Waals surface area (Å²) in [5.41, 5.74) is 1.07.